The minimum atomic E-state index is 0.251. The first-order valence-electron chi connectivity index (χ1n) is 10.5. The van der Waals surface area contributed by atoms with Crippen LogP contribution in [-0.4, -0.2) is 12.9 Å². The number of hydrogen-bond donors (Lipinski definition) is 0. The molecule has 0 aliphatic heterocycles. The van der Waals surface area contributed by atoms with E-state index < -0.39 is 0 Å². The lowest BCUT2D eigenvalue weighted by Crippen LogP contribution is -2.24. The molecule has 2 heteroatoms. The Bertz CT molecular complexity index is 576. The van der Waals surface area contributed by atoms with Gasteiger partial charge in [-0.1, -0.05) is 53.7 Å². The van der Waals surface area contributed by atoms with Crippen molar-refractivity contribution in [1.29, 1.82) is 0 Å². The third-order valence-electron chi connectivity index (χ3n) is 6.33. The highest BCUT2D eigenvalue weighted by Crippen LogP contribution is 2.46. The fourth-order valence-electron chi connectivity index (χ4n) is 4.91. The second-order valence-corrected chi connectivity index (χ2v) is 10.9. The first-order valence-corrected chi connectivity index (χ1v) is 10.5. The lowest BCUT2D eigenvalue weighted by atomic mass is 9.69. The van der Waals surface area contributed by atoms with Gasteiger partial charge in [0.1, 0.15) is 5.75 Å². The van der Waals surface area contributed by atoms with Crippen molar-refractivity contribution in [2.75, 3.05) is 6.79 Å². The Labute approximate surface area is 160 Å². The SMILES string of the molecule is CC(C)(C)CC(c1ccc(OCOC2CC3CCC2C3)cc1)C(C)(C)C. The predicted octanol–water partition coefficient (Wildman–Crippen LogP) is 6.79. The largest absolute Gasteiger partial charge is 0.468 e. The van der Waals surface area contributed by atoms with E-state index in [0.29, 0.717) is 24.2 Å². The second kappa shape index (κ2) is 7.54. The van der Waals surface area contributed by atoms with E-state index in [1.54, 1.807) is 0 Å². The molecule has 0 radical (unpaired) electrons. The highest BCUT2D eigenvalue weighted by Gasteiger charge is 2.40. The number of ether oxygens (including phenoxy) is 2. The second-order valence-electron chi connectivity index (χ2n) is 10.9. The van der Waals surface area contributed by atoms with Gasteiger partial charge in [-0.2, -0.15) is 0 Å². The fraction of sp³-hybridized carbons (Fsp3) is 0.750. The number of fused-ring (bicyclic) bond motifs is 2. The van der Waals surface area contributed by atoms with Crippen LogP contribution in [0.4, 0.5) is 0 Å². The van der Waals surface area contributed by atoms with Gasteiger partial charge in [0.15, 0.2) is 6.79 Å². The molecule has 0 spiro atoms. The summed E-state index contributed by atoms with van der Waals surface area (Å²) in [5.41, 5.74) is 1.98. The van der Waals surface area contributed by atoms with E-state index in [0.717, 1.165) is 17.6 Å². The summed E-state index contributed by atoms with van der Waals surface area (Å²) in [6.45, 7) is 14.4. The number of rotatable bonds is 6. The van der Waals surface area contributed by atoms with Crippen molar-refractivity contribution < 1.29 is 9.47 Å². The molecule has 1 aromatic rings. The molecular weight excluding hydrogens is 320 g/mol. The lowest BCUT2D eigenvalue weighted by molar-refractivity contribution is -0.0577. The van der Waals surface area contributed by atoms with Crippen molar-refractivity contribution in [2.24, 2.45) is 22.7 Å². The van der Waals surface area contributed by atoms with E-state index >= 15 is 0 Å². The first-order chi connectivity index (χ1) is 12.1. The standard InChI is InChI=1S/C24H38O2/c1-23(2,3)15-21(24(4,5)6)18-9-11-20(12-10-18)25-16-26-22-14-17-7-8-19(22)13-17/h9-12,17,19,21-22H,7-8,13-16H2,1-6H3. The Morgan fingerprint density at radius 2 is 1.65 bits per heavy atom. The highest BCUT2D eigenvalue weighted by molar-refractivity contribution is 5.30. The summed E-state index contributed by atoms with van der Waals surface area (Å²) in [7, 11) is 0. The van der Waals surface area contributed by atoms with Crippen molar-refractivity contribution in [3.05, 3.63) is 29.8 Å². The van der Waals surface area contributed by atoms with E-state index in [9.17, 15) is 0 Å². The molecule has 2 bridgehead atoms. The van der Waals surface area contributed by atoms with Gasteiger partial charge < -0.3 is 9.47 Å². The molecule has 4 unspecified atom stereocenters. The van der Waals surface area contributed by atoms with Crippen LogP contribution in [0.1, 0.15) is 85.1 Å². The molecular formula is C24H38O2. The van der Waals surface area contributed by atoms with Crippen molar-refractivity contribution in [3.8, 4) is 5.75 Å². The van der Waals surface area contributed by atoms with Crippen LogP contribution in [0.15, 0.2) is 24.3 Å². The maximum atomic E-state index is 6.02. The molecule has 0 N–H and O–H groups in total. The molecule has 26 heavy (non-hydrogen) atoms. The molecule has 0 amide bonds. The van der Waals surface area contributed by atoms with Crippen molar-refractivity contribution in [2.45, 2.75) is 85.7 Å². The van der Waals surface area contributed by atoms with Crippen LogP contribution >= 0.6 is 0 Å². The van der Waals surface area contributed by atoms with Crippen molar-refractivity contribution in [1.82, 2.24) is 0 Å². The van der Waals surface area contributed by atoms with E-state index in [1.807, 2.05) is 0 Å². The van der Waals surface area contributed by atoms with Gasteiger partial charge in [-0.3, -0.25) is 0 Å². The summed E-state index contributed by atoms with van der Waals surface area (Å²) in [5.74, 6) is 3.17. The van der Waals surface area contributed by atoms with E-state index in [4.69, 9.17) is 9.47 Å². The Balaban J connectivity index is 1.54. The van der Waals surface area contributed by atoms with Gasteiger partial charge in [-0.25, -0.2) is 0 Å². The maximum Gasteiger partial charge on any atom is 0.189 e. The third kappa shape index (κ3) is 5.03. The summed E-state index contributed by atoms with van der Waals surface area (Å²) in [6.07, 6.45) is 7.01. The topological polar surface area (TPSA) is 18.5 Å². The summed E-state index contributed by atoms with van der Waals surface area (Å²) in [4.78, 5) is 0. The van der Waals surface area contributed by atoms with Crippen LogP contribution in [-0.2, 0) is 4.74 Å². The fourth-order valence-corrected chi connectivity index (χ4v) is 4.91. The van der Waals surface area contributed by atoms with Crippen LogP contribution in [0.3, 0.4) is 0 Å². The van der Waals surface area contributed by atoms with Crippen LogP contribution in [0.2, 0.25) is 0 Å². The predicted molar refractivity (Wildman–Crippen MR) is 109 cm³/mol. The molecule has 2 aliphatic carbocycles. The summed E-state index contributed by atoms with van der Waals surface area (Å²) >= 11 is 0. The quantitative estimate of drug-likeness (QED) is 0.521. The number of benzene rings is 1. The van der Waals surface area contributed by atoms with Gasteiger partial charge in [0.2, 0.25) is 0 Å². The summed E-state index contributed by atoms with van der Waals surface area (Å²) in [5, 5.41) is 0. The minimum absolute atomic E-state index is 0.251. The molecule has 2 saturated carbocycles. The first kappa shape index (κ1) is 19.7. The zero-order valence-electron chi connectivity index (χ0n) is 17.7. The molecule has 0 heterocycles. The van der Waals surface area contributed by atoms with Gasteiger partial charge >= 0.3 is 0 Å². The third-order valence-corrected chi connectivity index (χ3v) is 6.33. The average Bonchev–Trinajstić information content (AvgIpc) is 3.14. The Morgan fingerprint density at radius 3 is 2.15 bits per heavy atom. The average molecular weight is 359 g/mol. The molecule has 4 atom stereocenters. The van der Waals surface area contributed by atoms with E-state index in [1.165, 1.54) is 37.7 Å². The lowest BCUT2D eigenvalue weighted by Gasteiger charge is -2.36. The Kier molecular flexibility index (Phi) is 5.72. The Hall–Kier alpha value is -1.02. The molecule has 1 aromatic carbocycles. The van der Waals surface area contributed by atoms with Gasteiger partial charge in [0, 0.05) is 0 Å². The van der Waals surface area contributed by atoms with Gasteiger partial charge in [0.25, 0.3) is 0 Å². The number of hydrogen-bond acceptors (Lipinski definition) is 2. The molecule has 2 fully saturated rings. The van der Waals surface area contributed by atoms with E-state index in [2.05, 4.69) is 65.8 Å². The van der Waals surface area contributed by atoms with Crippen LogP contribution < -0.4 is 4.74 Å². The van der Waals surface area contributed by atoms with Gasteiger partial charge in [-0.15, -0.1) is 0 Å². The monoisotopic (exact) mass is 358 g/mol. The molecule has 0 saturated heterocycles. The Morgan fingerprint density at radius 1 is 0.962 bits per heavy atom. The maximum absolute atomic E-state index is 6.02. The zero-order chi connectivity index (χ0) is 18.9. The van der Waals surface area contributed by atoms with Crippen molar-refractivity contribution >= 4 is 0 Å². The summed E-state index contributed by atoms with van der Waals surface area (Å²) < 4.78 is 11.9. The summed E-state index contributed by atoms with van der Waals surface area (Å²) in [6, 6.07) is 8.71. The molecule has 146 valence electrons. The highest BCUT2D eigenvalue weighted by atomic mass is 16.7. The molecule has 0 aromatic heterocycles. The van der Waals surface area contributed by atoms with Crippen LogP contribution in [0, 0.1) is 22.7 Å². The van der Waals surface area contributed by atoms with Crippen LogP contribution in [0.25, 0.3) is 0 Å². The van der Waals surface area contributed by atoms with Gasteiger partial charge in [-0.05, 0) is 78.4 Å². The molecule has 3 rings (SSSR count). The minimum Gasteiger partial charge on any atom is -0.468 e. The molecule has 2 nitrogen and oxygen atoms in total. The smallest absolute Gasteiger partial charge is 0.189 e. The molecule has 2 aliphatic rings. The van der Waals surface area contributed by atoms with Crippen LogP contribution in [0.5, 0.6) is 5.75 Å². The normalized spacial score (nSPS) is 26.9. The van der Waals surface area contributed by atoms with Crippen molar-refractivity contribution in [3.63, 3.8) is 0 Å². The zero-order valence-corrected chi connectivity index (χ0v) is 17.7. The van der Waals surface area contributed by atoms with E-state index in [-0.39, 0.29) is 5.41 Å². The van der Waals surface area contributed by atoms with Gasteiger partial charge in [0.05, 0.1) is 6.10 Å².